The van der Waals surface area contributed by atoms with Crippen LogP contribution in [0.4, 0.5) is 0 Å². The lowest BCUT2D eigenvalue weighted by Gasteiger charge is -1.85. The Balaban J connectivity index is 0.000000814. The van der Waals surface area contributed by atoms with Crippen LogP contribution in [0.5, 0.6) is 0 Å². The number of rotatable bonds is 0. The van der Waals surface area contributed by atoms with E-state index in [9.17, 15) is 0 Å². The van der Waals surface area contributed by atoms with Crippen molar-refractivity contribution in [3.05, 3.63) is 71.3 Å². The molecule has 3 aromatic heterocycles. The van der Waals surface area contributed by atoms with E-state index in [1.807, 2.05) is 55.4 Å². The third-order valence-electron chi connectivity index (χ3n) is 4.04. The largest absolute Gasteiger partial charge is 0.355 e. The second kappa shape index (κ2) is 6.64. The van der Waals surface area contributed by atoms with Crippen molar-refractivity contribution in [3.8, 4) is 0 Å². The summed E-state index contributed by atoms with van der Waals surface area (Å²) in [5.74, 6) is 0. The van der Waals surface area contributed by atoms with Gasteiger partial charge in [0.25, 0.3) is 0 Å². The Morgan fingerprint density at radius 2 is 0.808 bits per heavy atom. The maximum Gasteiger partial charge on any atom is 0.106 e. The molecule has 0 radical (unpaired) electrons. The third kappa shape index (κ3) is 3.23. The number of carbonyl (C=O) groups excluding carboxylic acids is 1. The summed E-state index contributed by atoms with van der Waals surface area (Å²) >= 11 is 0. The minimum atomic E-state index is 0.939. The normalized spacial score (nSPS) is 11.8. The van der Waals surface area contributed by atoms with Gasteiger partial charge in [0.15, 0.2) is 0 Å². The molecule has 0 aromatic carbocycles. The lowest BCUT2D eigenvalue weighted by atomic mass is 10.3. The van der Waals surface area contributed by atoms with Gasteiger partial charge in [-0.2, -0.15) is 0 Å². The first-order chi connectivity index (χ1) is 12.8. The van der Waals surface area contributed by atoms with Crippen molar-refractivity contribution >= 4 is 53.2 Å². The fourth-order valence-corrected chi connectivity index (χ4v) is 2.94. The molecule has 5 heterocycles. The first-order valence-electron chi connectivity index (χ1n) is 8.14. The number of fused-ring (bicyclic) bond motifs is 8. The van der Waals surface area contributed by atoms with Crippen LogP contribution in [-0.2, 0) is 4.79 Å². The van der Waals surface area contributed by atoms with E-state index in [-0.39, 0.29) is 0 Å². The van der Waals surface area contributed by atoms with Crippen molar-refractivity contribution in [1.82, 2.24) is 19.9 Å². The van der Waals surface area contributed by atoms with Crippen molar-refractivity contribution in [1.29, 1.82) is 0 Å². The predicted octanol–water partition coefficient (Wildman–Crippen LogP) is 4.47. The molecule has 5 nitrogen and oxygen atoms in total. The van der Waals surface area contributed by atoms with Crippen LogP contribution in [0.15, 0.2) is 48.5 Å². The highest BCUT2D eigenvalue weighted by Gasteiger charge is 2.00. The molecule has 3 aromatic rings. The van der Waals surface area contributed by atoms with Gasteiger partial charge < -0.3 is 14.8 Å². The fourth-order valence-electron chi connectivity index (χ4n) is 2.94. The summed E-state index contributed by atoms with van der Waals surface area (Å²) in [6, 6.07) is 16.4. The predicted molar refractivity (Wildman–Crippen MR) is 106 cm³/mol. The summed E-state index contributed by atoms with van der Waals surface area (Å²) < 4.78 is 0. The van der Waals surface area contributed by atoms with Crippen LogP contribution in [0.1, 0.15) is 22.8 Å². The maximum absolute atomic E-state index is 8.00. The number of nitrogens with zero attached hydrogens (tertiary/aromatic N) is 2. The van der Waals surface area contributed by atoms with Crippen LogP contribution in [0.2, 0.25) is 0 Å². The van der Waals surface area contributed by atoms with Gasteiger partial charge in [-0.05, 0) is 72.8 Å². The average Bonchev–Trinajstić information content (AvgIpc) is 3.42. The van der Waals surface area contributed by atoms with Gasteiger partial charge in [-0.15, -0.1) is 0 Å². The average molecular weight is 340 g/mol. The molecule has 5 heteroatoms. The smallest absolute Gasteiger partial charge is 0.106 e. The van der Waals surface area contributed by atoms with Crippen LogP contribution >= 0.6 is 0 Å². The highest BCUT2D eigenvalue weighted by Crippen LogP contribution is 2.16. The molecule has 2 aliphatic rings. The number of hydrogen-bond donors (Lipinski definition) is 2. The molecule has 26 heavy (non-hydrogen) atoms. The molecule has 126 valence electrons. The van der Waals surface area contributed by atoms with Gasteiger partial charge in [0.05, 0.1) is 22.8 Å². The van der Waals surface area contributed by atoms with Gasteiger partial charge in [-0.1, -0.05) is 0 Å². The summed E-state index contributed by atoms with van der Waals surface area (Å²) in [6.07, 6.45) is 8.09. The SMILES string of the molecule is C1=Cc2cc3ccc(cc4nc(cc5ccc(cc1n2)[nH]5)C=C4)[nH]3.C=O. The lowest BCUT2D eigenvalue weighted by molar-refractivity contribution is -0.0979. The number of hydrogen-bond acceptors (Lipinski definition) is 3. The number of aromatic nitrogens is 4. The highest BCUT2D eigenvalue weighted by molar-refractivity contribution is 5.77. The topological polar surface area (TPSA) is 74.4 Å². The molecule has 0 atom stereocenters. The summed E-state index contributed by atoms with van der Waals surface area (Å²) in [6.45, 7) is 2.00. The van der Waals surface area contributed by atoms with Gasteiger partial charge in [0.2, 0.25) is 0 Å². The van der Waals surface area contributed by atoms with E-state index in [2.05, 4.69) is 44.2 Å². The minimum Gasteiger partial charge on any atom is -0.355 e. The molecule has 5 rings (SSSR count). The van der Waals surface area contributed by atoms with Gasteiger partial charge in [0, 0.05) is 22.1 Å². The Bertz CT molecular complexity index is 1010. The Labute approximate surface area is 149 Å². The van der Waals surface area contributed by atoms with Gasteiger partial charge in [-0.25, -0.2) is 9.97 Å². The van der Waals surface area contributed by atoms with Gasteiger partial charge in [0.1, 0.15) is 6.79 Å². The molecule has 0 amide bonds. The van der Waals surface area contributed by atoms with Crippen LogP contribution in [0.3, 0.4) is 0 Å². The zero-order valence-electron chi connectivity index (χ0n) is 13.9. The second-order valence-electron chi connectivity index (χ2n) is 5.91. The number of nitrogens with one attached hydrogen (secondary N) is 2. The van der Waals surface area contributed by atoms with Crippen molar-refractivity contribution in [2.24, 2.45) is 0 Å². The molecule has 0 spiro atoms. The van der Waals surface area contributed by atoms with Crippen molar-refractivity contribution in [3.63, 3.8) is 0 Å². The Morgan fingerprint density at radius 3 is 1.08 bits per heavy atom. The summed E-state index contributed by atoms with van der Waals surface area (Å²) in [5, 5.41) is 0. The lowest BCUT2D eigenvalue weighted by Crippen LogP contribution is -1.75. The molecule has 0 saturated carbocycles. The van der Waals surface area contributed by atoms with Crippen molar-refractivity contribution in [2.45, 2.75) is 0 Å². The van der Waals surface area contributed by atoms with E-state index in [4.69, 9.17) is 4.79 Å². The van der Waals surface area contributed by atoms with Crippen LogP contribution in [0.25, 0.3) is 46.4 Å². The van der Waals surface area contributed by atoms with Gasteiger partial charge >= 0.3 is 0 Å². The zero-order chi connectivity index (χ0) is 17.9. The van der Waals surface area contributed by atoms with Crippen LogP contribution < -0.4 is 0 Å². The zero-order valence-corrected chi connectivity index (χ0v) is 13.9. The number of aromatic amines is 2. The fraction of sp³-hybridized carbons (Fsp3) is 0. The van der Waals surface area contributed by atoms with E-state index >= 15 is 0 Å². The summed E-state index contributed by atoms with van der Waals surface area (Å²) in [4.78, 5) is 24.0. The van der Waals surface area contributed by atoms with Crippen LogP contribution in [-0.4, -0.2) is 26.7 Å². The molecule has 0 saturated heterocycles. The van der Waals surface area contributed by atoms with Crippen molar-refractivity contribution < 1.29 is 4.79 Å². The molecule has 2 aliphatic heterocycles. The maximum atomic E-state index is 8.00. The Hall–Kier alpha value is -3.73. The Kier molecular flexibility index (Phi) is 4.03. The molecule has 0 unspecified atom stereocenters. The molecule has 8 bridgehead atoms. The number of H-pyrrole nitrogens is 2. The molecular weight excluding hydrogens is 324 g/mol. The molecule has 0 aliphatic carbocycles. The van der Waals surface area contributed by atoms with E-state index in [0.717, 1.165) is 44.8 Å². The molecule has 2 N–H and O–H groups in total. The first kappa shape index (κ1) is 15.8. The summed E-state index contributed by atoms with van der Waals surface area (Å²) in [7, 11) is 0. The number of carbonyl (C=O) groups is 1. The standard InChI is InChI=1S/C20H14N4.CH2O/c1-2-14-10-16-5-6-18(23-16)12-20-8-7-19(24-20)11-17-4-3-15(22-17)9-13(1)21-14;1-2/h1-12,21,24H;1H2. The van der Waals surface area contributed by atoms with E-state index < -0.39 is 0 Å². The summed E-state index contributed by atoms with van der Waals surface area (Å²) in [5.41, 5.74) is 7.86. The van der Waals surface area contributed by atoms with E-state index in [1.54, 1.807) is 0 Å². The van der Waals surface area contributed by atoms with E-state index in [0.29, 0.717) is 0 Å². The van der Waals surface area contributed by atoms with Crippen LogP contribution in [0, 0.1) is 0 Å². The minimum absolute atomic E-state index is 0.939. The monoisotopic (exact) mass is 340 g/mol. The first-order valence-corrected chi connectivity index (χ1v) is 8.14. The molecule has 0 fully saturated rings. The molecular formula is C21H16N4O. The highest BCUT2D eigenvalue weighted by atomic mass is 16.1. The van der Waals surface area contributed by atoms with Gasteiger partial charge in [-0.3, -0.25) is 0 Å². The van der Waals surface area contributed by atoms with E-state index in [1.165, 1.54) is 0 Å². The van der Waals surface area contributed by atoms with Crippen molar-refractivity contribution in [2.75, 3.05) is 0 Å². The second-order valence-corrected chi connectivity index (χ2v) is 5.91. The quantitative estimate of drug-likeness (QED) is 0.437. The third-order valence-corrected chi connectivity index (χ3v) is 4.04. The Morgan fingerprint density at radius 1 is 0.538 bits per heavy atom.